The Morgan fingerprint density at radius 1 is 1.06 bits per heavy atom. The minimum atomic E-state index is -0.848. The fraction of sp³-hybridized carbons (Fsp3) is 0.400. The van der Waals surface area contributed by atoms with Crippen molar-refractivity contribution in [3.05, 3.63) is 53.6 Å². The molecule has 2 aromatic carbocycles. The lowest BCUT2D eigenvalue weighted by Gasteiger charge is -2.39. The van der Waals surface area contributed by atoms with Crippen LogP contribution < -0.4 is 20.3 Å². The molecule has 0 aliphatic carbocycles. The fourth-order valence-corrected chi connectivity index (χ4v) is 4.58. The van der Waals surface area contributed by atoms with E-state index in [-0.39, 0.29) is 30.7 Å². The summed E-state index contributed by atoms with van der Waals surface area (Å²) in [5, 5.41) is 5.91. The lowest BCUT2D eigenvalue weighted by Crippen LogP contribution is -2.60. The van der Waals surface area contributed by atoms with Crippen molar-refractivity contribution < 1.29 is 19.1 Å². The molecule has 2 aliphatic rings. The second kappa shape index (κ2) is 11.4. The number of nitrogens with zero attached hydrogens (tertiary/aromatic N) is 3. The van der Waals surface area contributed by atoms with Gasteiger partial charge in [0, 0.05) is 45.0 Å². The molecule has 186 valence electrons. The Morgan fingerprint density at radius 2 is 1.77 bits per heavy atom. The highest BCUT2D eigenvalue weighted by Crippen LogP contribution is 2.22. The molecule has 0 saturated carbocycles. The van der Waals surface area contributed by atoms with Gasteiger partial charge in [0.15, 0.2) is 0 Å². The molecule has 0 unspecified atom stereocenters. The molecule has 0 aromatic heterocycles. The predicted octanol–water partition coefficient (Wildman–Crippen LogP) is 1.83. The molecule has 2 aliphatic heterocycles. The standard InChI is InChI=1S/C25H30ClN5O4/c1-35-19-8-6-18(7-9-19)30-14-12-29(13-15-30)17-24(33)31-11-10-27-25(34)22(31)16-23(32)28-21-5-3-2-4-20(21)26/h2-9,22H,10-17H2,1H3,(H,27,34)(H,28,32)/t22-/m0/s1. The molecule has 2 saturated heterocycles. The quantitative estimate of drug-likeness (QED) is 0.603. The molecule has 9 nitrogen and oxygen atoms in total. The maximum atomic E-state index is 13.2. The largest absolute Gasteiger partial charge is 0.497 e. The van der Waals surface area contributed by atoms with Crippen LogP contribution in [-0.2, 0) is 14.4 Å². The number of carbonyl (C=O) groups excluding carboxylic acids is 3. The van der Waals surface area contributed by atoms with Gasteiger partial charge in [-0.25, -0.2) is 0 Å². The van der Waals surface area contributed by atoms with Crippen LogP contribution in [0.3, 0.4) is 0 Å². The maximum Gasteiger partial charge on any atom is 0.243 e. The van der Waals surface area contributed by atoms with Crippen LogP contribution >= 0.6 is 11.6 Å². The van der Waals surface area contributed by atoms with Crippen LogP contribution in [0.1, 0.15) is 6.42 Å². The molecule has 1 atom stereocenters. The lowest BCUT2D eigenvalue weighted by atomic mass is 10.1. The molecule has 0 spiro atoms. The van der Waals surface area contributed by atoms with E-state index in [2.05, 4.69) is 20.4 Å². The number of amides is 3. The van der Waals surface area contributed by atoms with Gasteiger partial charge in [-0.2, -0.15) is 0 Å². The Morgan fingerprint density at radius 3 is 2.46 bits per heavy atom. The number of hydrogen-bond acceptors (Lipinski definition) is 6. The maximum absolute atomic E-state index is 13.2. The summed E-state index contributed by atoms with van der Waals surface area (Å²) in [4.78, 5) is 44.3. The Labute approximate surface area is 210 Å². The minimum Gasteiger partial charge on any atom is -0.497 e. The highest BCUT2D eigenvalue weighted by Gasteiger charge is 2.35. The third-order valence-electron chi connectivity index (χ3n) is 6.35. The zero-order valence-electron chi connectivity index (χ0n) is 19.7. The van der Waals surface area contributed by atoms with Gasteiger partial charge in [-0.1, -0.05) is 23.7 Å². The second-order valence-corrected chi connectivity index (χ2v) is 8.99. The molecule has 3 amide bonds. The highest BCUT2D eigenvalue weighted by molar-refractivity contribution is 6.33. The van der Waals surface area contributed by atoms with Crippen LogP contribution in [0.4, 0.5) is 11.4 Å². The van der Waals surface area contributed by atoms with Gasteiger partial charge in [-0.05, 0) is 36.4 Å². The van der Waals surface area contributed by atoms with E-state index < -0.39 is 6.04 Å². The van der Waals surface area contributed by atoms with Crippen molar-refractivity contribution in [1.82, 2.24) is 15.1 Å². The summed E-state index contributed by atoms with van der Waals surface area (Å²) in [6.07, 6.45) is -0.131. The van der Waals surface area contributed by atoms with Crippen molar-refractivity contribution in [1.29, 1.82) is 0 Å². The van der Waals surface area contributed by atoms with Crippen molar-refractivity contribution >= 4 is 40.7 Å². The van der Waals surface area contributed by atoms with Crippen molar-refractivity contribution in [2.24, 2.45) is 0 Å². The number of para-hydroxylation sites is 1. The Hall–Kier alpha value is -3.30. The smallest absolute Gasteiger partial charge is 0.243 e. The van der Waals surface area contributed by atoms with Crippen LogP contribution in [-0.4, -0.2) is 86.5 Å². The van der Waals surface area contributed by atoms with E-state index in [0.29, 0.717) is 23.8 Å². The number of benzene rings is 2. The minimum absolute atomic E-state index is 0.131. The first-order valence-electron chi connectivity index (χ1n) is 11.7. The summed E-state index contributed by atoms with van der Waals surface area (Å²) in [6, 6.07) is 14.0. The first-order chi connectivity index (χ1) is 16.9. The third-order valence-corrected chi connectivity index (χ3v) is 6.68. The summed E-state index contributed by atoms with van der Waals surface area (Å²) < 4.78 is 5.22. The van der Waals surface area contributed by atoms with E-state index in [9.17, 15) is 14.4 Å². The lowest BCUT2D eigenvalue weighted by molar-refractivity contribution is -0.145. The third kappa shape index (κ3) is 6.23. The van der Waals surface area contributed by atoms with E-state index in [1.54, 1.807) is 31.4 Å². The molecule has 2 aromatic rings. The molecule has 0 radical (unpaired) electrons. The Bertz CT molecular complexity index is 1060. The van der Waals surface area contributed by atoms with Crippen LogP contribution in [0, 0.1) is 0 Å². The summed E-state index contributed by atoms with van der Waals surface area (Å²) in [5.74, 6) is -0.0127. The first-order valence-corrected chi connectivity index (χ1v) is 12.1. The topological polar surface area (TPSA) is 94.2 Å². The zero-order chi connectivity index (χ0) is 24.8. The van der Waals surface area contributed by atoms with Crippen LogP contribution in [0.15, 0.2) is 48.5 Å². The highest BCUT2D eigenvalue weighted by atomic mass is 35.5. The second-order valence-electron chi connectivity index (χ2n) is 8.59. The van der Waals surface area contributed by atoms with Crippen molar-refractivity contribution in [3.63, 3.8) is 0 Å². The summed E-state index contributed by atoms with van der Waals surface area (Å²) >= 11 is 6.12. The molecule has 35 heavy (non-hydrogen) atoms. The van der Waals surface area contributed by atoms with Gasteiger partial charge in [0.25, 0.3) is 0 Å². The predicted molar refractivity (Wildman–Crippen MR) is 135 cm³/mol. The van der Waals surface area contributed by atoms with Gasteiger partial charge >= 0.3 is 0 Å². The number of ether oxygens (including phenoxy) is 1. The number of rotatable bonds is 7. The summed E-state index contributed by atoms with van der Waals surface area (Å²) in [6.45, 7) is 4.02. The number of halogens is 1. The molecule has 0 bridgehead atoms. The SMILES string of the molecule is COc1ccc(N2CCN(CC(=O)N3CCNC(=O)[C@@H]3CC(=O)Nc3ccccc3Cl)CC2)cc1. The average molecular weight is 500 g/mol. The summed E-state index contributed by atoms with van der Waals surface area (Å²) in [5.41, 5.74) is 1.59. The van der Waals surface area contributed by atoms with Crippen LogP contribution in [0.5, 0.6) is 5.75 Å². The van der Waals surface area contributed by atoms with E-state index in [0.717, 1.165) is 37.6 Å². The van der Waals surface area contributed by atoms with E-state index >= 15 is 0 Å². The molecular weight excluding hydrogens is 470 g/mol. The van der Waals surface area contributed by atoms with Crippen LogP contribution in [0.25, 0.3) is 0 Å². The monoisotopic (exact) mass is 499 g/mol. The van der Waals surface area contributed by atoms with Crippen LogP contribution in [0.2, 0.25) is 5.02 Å². The van der Waals surface area contributed by atoms with E-state index in [1.807, 2.05) is 24.3 Å². The zero-order valence-corrected chi connectivity index (χ0v) is 20.5. The first kappa shape index (κ1) is 24.8. The fourth-order valence-electron chi connectivity index (χ4n) is 4.39. The molecule has 2 fully saturated rings. The number of nitrogens with one attached hydrogen (secondary N) is 2. The van der Waals surface area contributed by atoms with Gasteiger partial charge in [-0.3, -0.25) is 19.3 Å². The molecule has 4 rings (SSSR count). The molecule has 2 heterocycles. The van der Waals surface area contributed by atoms with Gasteiger partial charge in [0.2, 0.25) is 17.7 Å². The molecule has 10 heteroatoms. The average Bonchev–Trinajstić information content (AvgIpc) is 2.87. The number of carbonyl (C=O) groups is 3. The number of piperazine rings is 2. The normalized spacial score (nSPS) is 18.7. The molecule has 2 N–H and O–H groups in total. The number of hydrogen-bond donors (Lipinski definition) is 2. The number of methoxy groups -OCH3 is 1. The summed E-state index contributed by atoms with van der Waals surface area (Å²) in [7, 11) is 1.65. The van der Waals surface area contributed by atoms with Gasteiger partial charge < -0.3 is 25.2 Å². The Kier molecular flexibility index (Phi) is 8.09. The van der Waals surface area contributed by atoms with E-state index in [4.69, 9.17) is 16.3 Å². The van der Waals surface area contributed by atoms with E-state index in [1.165, 1.54) is 4.90 Å². The van der Waals surface area contributed by atoms with Crippen molar-refractivity contribution in [2.45, 2.75) is 12.5 Å². The molecular formula is C25H30ClN5O4. The Balaban J connectivity index is 1.32. The van der Waals surface area contributed by atoms with Gasteiger partial charge in [-0.15, -0.1) is 0 Å². The number of anilines is 2. The van der Waals surface area contributed by atoms with Gasteiger partial charge in [0.1, 0.15) is 11.8 Å². The van der Waals surface area contributed by atoms with Gasteiger partial charge in [0.05, 0.1) is 30.8 Å². The van der Waals surface area contributed by atoms with Crippen molar-refractivity contribution in [3.8, 4) is 5.75 Å². The van der Waals surface area contributed by atoms with Crippen molar-refractivity contribution in [2.75, 3.05) is 63.1 Å².